The van der Waals surface area contributed by atoms with Gasteiger partial charge in [-0.1, -0.05) is 24.3 Å². The molecule has 0 fully saturated rings. The molecule has 1 N–H and O–H groups in total. The minimum absolute atomic E-state index is 0.00915. The molecule has 0 unspecified atom stereocenters. The van der Waals surface area contributed by atoms with Gasteiger partial charge in [0.1, 0.15) is 18.4 Å². The highest BCUT2D eigenvalue weighted by molar-refractivity contribution is 7.89. The normalized spacial score (nSPS) is 13.7. The third kappa shape index (κ3) is 3.35. The Morgan fingerprint density at radius 3 is 2.75 bits per heavy atom. The third-order valence-corrected chi connectivity index (χ3v) is 5.31. The van der Waals surface area contributed by atoms with Crippen molar-refractivity contribution in [3.05, 3.63) is 54.1 Å². The summed E-state index contributed by atoms with van der Waals surface area (Å²) >= 11 is 0. The van der Waals surface area contributed by atoms with E-state index < -0.39 is 10.0 Å². The second-order valence-corrected chi connectivity index (χ2v) is 7.04. The maximum absolute atomic E-state index is 12.4. The number of para-hydroxylation sites is 2. The molecule has 3 rings (SSSR count). The van der Waals surface area contributed by atoms with Crippen LogP contribution in [0.3, 0.4) is 0 Å². The van der Waals surface area contributed by atoms with Crippen molar-refractivity contribution in [2.45, 2.75) is 4.90 Å². The van der Waals surface area contributed by atoms with E-state index in [0.717, 1.165) is 11.4 Å². The fraction of sp³-hybridized carbons (Fsp3) is 0.235. The first kappa shape index (κ1) is 16.3. The molecule has 124 valence electrons. The van der Waals surface area contributed by atoms with Gasteiger partial charge in [-0.2, -0.15) is 5.26 Å². The molecule has 1 aliphatic heterocycles. The predicted molar refractivity (Wildman–Crippen MR) is 90.5 cm³/mol. The second kappa shape index (κ2) is 6.91. The molecule has 6 nitrogen and oxygen atoms in total. The topological polar surface area (TPSA) is 82.4 Å². The minimum atomic E-state index is -3.71. The second-order valence-electron chi connectivity index (χ2n) is 5.31. The van der Waals surface area contributed by atoms with E-state index in [0.29, 0.717) is 19.7 Å². The fourth-order valence-corrected chi connectivity index (χ4v) is 3.82. The SMILES string of the molecule is N#Cc1ccccc1S(=O)(=O)NCCN1CCOc2ccccc21. The Bertz CT molecular complexity index is 875. The summed E-state index contributed by atoms with van der Waals surface area (Å²) in [6, 6.07) is 15.8. The van der Waals surface area contributed by atoms with E-state index in [2.05, 4.69) is 9.62 Å². The van der Waals surface area contributed by atoms with Crippen LogP contribution in [0.15, 0.2) is 53.4 Å². The molecule has 0 saturated carbocycles. The average Bonchev–Trinajstić information content (AvgIpc) is 2.62. The molecule has 0 spiro atoms. The first-order valence-electron chi connectivity index (χ1n) is 7.57. The van der Waals surface area contributed by atoms with Gasteiger partial charge >= 0.3 is 0 Å². The number of nitriles is 1. The van der Waals surface area contributed by atoms with Crippen molar-refractivity contribution in [2.75, 3.05) is 31.1 Å². The van der Waals surface area contributed by atoms with Gasteiger partial charge in [-0.05, 0) is 24.3 Å². The summed E-state index contributed by atoms with van der Waals surface area (Å²) in [5.74, 6) is 0.807. The van der Waals surface area contributed by atoms with Crippen LogP contribution in [0.1, 0.15) is 5.56 Å². The number of benzene rings is 2. The molecule has 1 heterocycles. The van der Waals surface area contributed by atoms with Gasteiger partial charge in [0.15, 0.2) is 0 Å². The first-order valence-corrected chi connectivity index (χ1v) is 9.06. The Kier molecular flexibility index (Phi) is 4.69. The standard InChI is InChI=1S/C17H17N3O3S/c18-13-14-5-1-4-8-17(14)24(21,22)19-9-10-20-11-12-23-16-7-3-2-6-15(16)20/h1-8,19H,9-12H2. The maximum Gasteiger partial charge on any atom is 0.241 e. The summed E-state index contributed by atoms with van der Waals surface area (Å²) in [5, 5.41) is 9.06. The summed E-state index contributed by atoms with van der Waals surface area (Å²) in [4.78, 5) is 2.09. The third-order valence-electron chi connectivity index (χ3n) is 3.80. The Hall–Kier alpha value is -2.56. The van der Waals surface area contributed by atoms with Crippen LogP contribution in [-0.4, -0.2) is 34.7 Å². The minimum Gasteiger partial charge on any atom is -0.490 e. The molecule has 24 heavy (non-hydrogen) atoms. The van der Waals surface area contributed by atoms with Crippen LogP contribution in [-0.2, 0) is 10.0 Å². The highest BCUT2D eigenvalue weighted by atomic mass is 32.2. The van der Waals surface area contributed by atoms with Crippen LogP contribution in [0.4, 0.5) is 5.69 Å². The molecule has 0 radical (unpaired) electrons. The van der Waals surface area contributed by atoms with Gasteiger partial charge in [0.2, 0.25) is 10.0 Å². The van der Waals surface area contributed by atoms with Gasteiger partial charge in [-0.15, -0.1) is 0 Å². The molecule has 1 aliphatic rings. The molecular formula is C17H17N3O3S. The van der Waals surface area contributed by atoms with Gasteiger partial charge in [0.05, 0.1) is 22.7 Å². The fourth-order valence-electron chi connectivity index (χ4n) is 2.65. The Labute approximate surface area is 141 Å². The van der Waals surface area contributed by atoms with Gasteiger partial charge in [0, 0.05) is 13.1 Å². The van der Waals surface area contributed by atoms with Gasteiger partial charge in [0.25, 0.3) is 0 Å². The summed E-state index contributed by atoms with van der Waals surface area (Å²) < 4.78 is 32.9. The van der Waals surface area contributed by atoms with Crippen LogP contribution in [0.2, 0.25) is 0 Å². The van der Waals surface area contributed by atoms with Crippen molar-refractivity contribution >= 4 is 15.7 Å². The molecule has 0 bridgehead atoms. The van der Waals surface area contributed by atoms with Crippen molar-refractivity contribution in [1.29, 1.82) is 5.26 Å². The van der Waals surface area contributed by atoms with Gasteiger partial charge in [-0.25, -0.2) is 13.1 Å². The van der Waals surface area contributed by atoms with Crippen molar-refractivity contribution in [2.24, 2.45) is 0 Å². The quantitative estimate of drug-likeness (QED) is 0.894. The van der Waals surface area contributed by atoms with Crippen LogP contribution >= 0.6 is 0 Å². The molecule has 0 aromatic heterocycles. The lowest BCUT2D eigenvalue weighted by Crippen LogP contribution is -2.39. The van der Waals surface area contributed by atoms with Gasteiger partial charge < -0.3 is 9.64 Å². The lowest BCUT2D eigenvalue weighted by atomic mass is 10.2. The molecular weight excluding hydrogens is 326 g/mol. The number of fused-ring (bicyclic) bond motifs is 1. The number of hydrogen-bond donors (Lipinski definition) is 1. The number of anilines is 1. The Morgan fingerprint density at radius 1 is 1.17 bits per heavy atom. The van der Waals surface area contributed by atoms with Gasteiger partial charge in [-0.3, -0.25) is 0 Å². The summed E-state index contributed by atoms with van der Waals surface area (Å²) in [6.07, 6.45) is 0. The van der Waals surface area contributed by atoms with Crippen molar-refractivity contribution in [1.82, 2.24) is 4.72 Å². The molecule has 0 atom stereocenters. The highest BCUT2D eigenvalue weighted by Gasteiger charge is 2.20. The van der Waals surface area contributed by atoms with Crippen LogP contribution in [0.25, 0.3) is 0 Å². The van der Waals surface area contributed by atoms with E-state index in [1.54, 1.807) is 12.1 Å². The molecule has 0 amide bonds. The number of hydrogen-bond acceptors (Lipinski definition) is 5. The molecule has 0 aliphatic carbocycles. The summed E-state index contributed by atoms with van der Waals surface area (Å²) in [5.41, 5.74) is 1.10. The summed E-state index contributed by atoms with van der Waals surface area (Å²) in [6.45, 7) is 2.04. The zero-order valence-corrected chi connectivity index (χ0v) is 13.8. The van der Waals surface area contributed by atoms with E-state index in [1.807, 2.05) is 30.3 Å². The number of ether oxygens (including phenoxy) is 1. The number of nitrogens with one attached hydrogen (secondary N) is 1. The molecule has 2 aromatic rings. The van der Waals surface area contributed by atoms with E-state index >= 15 is 0 Å². The van der Waals surface area contributed by atoms with E-state index in [9.17, 15) is 8.42 Å². The lowest BCUT2D eigenvalue weighted by molar-refractivity contribution is 0.308. The molecule has 7 heteroatoms. The zero-order valence-electron chi connectivity index (χ0n) is 13.0. The van der Waals surface area contributed by atoms with Crippen molar-refractivity contribution in [3.8, 4) is 11.8 Å². The Balaban J connectivity index is 1.68. The number of sulfonamides is 1. The maximum atomic E-state index is 12.4. The van der Waals surface area contributed by atoms with Crippen LogP contribution < -0.4 is 14.4 Å². The smallest absolute Gasteiger partial charge is 0.241 e. The predicted octanol–water partition coefficient (Wildman–Crippen LogP) is 1.74. The van der Waals surface area contributed by atoms with E-state index in [-0.39, 0.29) is 17.0 Å². The largest absolute Gasteiger partial charge is 0.490 e. The van der Waals surface area contributed by atoms with Crippen LogP contribution in [0.5, 0.6) is 5.75 Å². The molecule has 0 saturated heterocycles. The van der Waals surface area contributed by atoms with E-state index in [1.165, 1.54) is 12.1 Å². The first-order chi connectivity index (χ1) is 11.6. The summed E-state index contributed by atoms with van der Waals surface area (Å²) in [7, 11) is -3.71. The monoisotopic (exact) mass is 343 g/mol. The van der Waals surface area contributed by atoms with E-state index in [4.69, 9.17) is 10.00 Å². The Morgan fingerprint density at radius 2 is 1.92 bits per heavy atom. The van der Waals surface area contributed by atoms with Crippen molar-refractivity contribution in [3.63, 3.8) is 0 Å². The number of nitrogens with zero attached hydrogens (tertiary/aromatic N) is 2. The average molecular weight is 343 g/mol. The van der Waals surface area contributed by atoms with Crippen LogP contribution in [0, 0.1) is 11.3 Å². The zero-order chi connectivity index (χ0) is 17.0. The highest BCUT2D eigenvalue weighted by Crippen LogP contribution is 2.30. The lowest BCUT2D eigenvalue weighted by Gasteiger charge is -2.31. The van der Waals surface area contributed by atoms with Crippen molar-refractivity contribution < 1.29 is 13.2 Å². The number of rotatable bonds is 5. The molecule has 2 aromatic carbocycles.